The van der Waals surface area contributed by atoms with Gasteiger partial charge in [-0.3, -0.25) is 9.59 Å². The largest absolute Gasteiger partial charge is 0.277 e. The van der Waals surface area contributed by atoms with Gasteiger partial charge in [-0.1, -0.05) is 50.3 Å². The van der Waals surface area contributed by atoms with Crippen LogP contribution in [0.25, 0.3) is 0 Å². The number of hydrogen-bond donors (Lipinski definition) is 0. The number of anilines is 1. The molecule has 2 fully saturated rings. The van der Waals surface area contributed by atoms with Crippen molar-refractivity contribution in [1.29, 1.82) is 0 Å². The minimum atomic E-state index is -2.67. The quantitative estimate of drug-likeness (QED) is 0.609. The van der Waals surface area contributed by atoms with Crippen molar-refractivity contribution in [1.82, 2.24) is 0 Å². The Kier molecular flexibility index (Phi) is 5.14. The topological polar surface area (TPSA) is 71.5 Å². The molecular weight excluding hydrogens is 326 g/mol. The third-order valence-corrected chi connectivity index (χ3v) is 5.79. The van der Waals surface area contributed by atoms with Crippen molar-refractivity contribution in [2.45, 2.75) is 44.9 Å². The predicted molar refractivity (Wildman–Crippen MR) is 92.2 cm³/mol. The summed E-state index contributed by atoms with van der Waals surface area (Å²) < 4.78 is 23.4. The lowest BCUT2D eigenvalue weighted by Crippen LogP contribution is -2.32. The number of carbonyl (C=O) groups is 2. The van der Waals surface area contributed by atoms with Crippen LogP contribution in [0, 0.1) is 11.8 Å². The maximum absolute atomic E-state index is 12.9. The maximum Gasteiger partial charge on any atom is 0.277 e. The van der Waals surface area contributed by atoms with E-state index in [-0.39, 0.29) is 10.8 Å². The highest BCUT2D eigenvalue weighted by atomic mass is 32.2. The van der Waals surface area contributed by atoms with Gasteiger partial charge in [0.15, 0.2) is 4.86 Å². The molecule has 6 heteroatoms. The minimum absolute atomic E-state index is 0.0663. The van der Waals surface area contributed by atoms with Crippen LogP contribution >= 0.6 is 0 Å². The van der Waals surface area contributed by atoms with Crippen LogP contribution < -0.4 is 4.90 Å². The van der Waals surface area contributed by atoms with E-state index in [0.717, 1.165) is 43.4 Å². The second-order valence-electron chi connectivity index (χ2n) is 6.50. The highest BCUT2D eigenvalue weighted by molar-refractivity contribution is 7.75. The fourth-order valence-corrected chi connectivity index (χ4v) is 4.56. The molecule has 2 amide bonds. The van der Waals surface area contributed by atoms with Crippen LogP contribution in [-0.4, -0.2) is 25.1 Å². The standard InChI is InChI=1S/C18H21NO4S/c20-17-15(13-9-5-2-1-3-6-10-13)16(24(22)23)18(21)19(17)14-11-7-4-8-12-14/h4,7-8,11-13,15H,1-3,5-6,9-10H2. The van der Waals surface area contributed by atoms with Crippen molar-refractivity contribution in [2.24, 2.45) is 11.8 Å². The van der Waals surface area contributed by atoms with Crippen LogP contribution in [-0.2, 0) is 19.9 Å². The van der Waals surface area contributed by atoms with Gasteiger partial charge < -0.3 is 0 Å². The van der Waals surface area contributed by atoms with E-state index in [4.69, 9.17) is 0 Å². The monoisotopic (exact) mass is 347 g/mol. The molecule has 1 aromatic rings. The van der Waals surface area contributed by atoms with E-state index in [1.165, 1.54) is 6.42 Å². The molecule has 1 saturated heterocycles. The van der Waals surface area contributed by atoms with Crippen LogP contribution in [0.5, 0.6) is 0 Å². The molecule has 1 aromatic carbocycles. The number of hydrogen-bond acceptors (Lipinski definition) is 4. The fraction of sp³-hybridized carbons (Fsp3) is 0.500. The second-order valence-corrected chi connectivity index (χ2v) is 7.41. The lowest BCUT2D eigenvalue weighted by molar-refractivity contribution is -0.123. The van der Waals surface area contributed by atoms with Gasteiger partial charge in [0.05, 0.1) is 11.6 Å². The zero-order valence-electron chi connectivity index (χ0n) is 13.5. The van der Waals surface area contributed by atoms with Crippen molar-refractivity contribution in [3.8, 4) is 0 Å². The van der Waals surface area contributed by atoms with E-state index in [1.54, 1.807) is 30.3 Å². The first-order chi connectivity index (χ1) is 11.6. The predicted octanol–water partition coefficient (Wildman–Crippen LogP) is 2.59. The summed E-state index contributed by atoms with van der Waals surface area (Å²) in [4.78, 5) is 26.4. The average molecular weight is 347 g/mol. The number of amides is 2. The molecule has 24 heavy (non-hydrogen) atoms. The highest BCUT2D eigenvalue weighted by Crippen LogP contribution is 2.35. The molecule has 2 aliphatic rings. The molecule has 0 bridgehead atoms. The molecule has 0 radical (unpaired) electrons. The van der Waals surface area contributed by atoms with E-state index in [2.05, 4.69) is 0 Å². The lowest BCUT2D eigenvalue weighted by atomic mass is 9.81. The summed E-state index contributed by atoms with van der Waals surface area (Å²) in [6.45, 7) is 0. The zero-order chi connectivity index (χ0) is 17.1. The number of imide groups is 1. The van der Waals surface area contributed by atoms with E-state index >= 15 is 0 Å². The van der Waals surface area contributed by atoms with Gasteiger partial charge in [0.25, 0.3) is 5.91 Å². The summed E-state index contributed by atoms with van der Waals surface area (Å²) in [5, 5.41) is 0. The molecule has 1 saturated carbocycles. The van der Waals surface area contributed by atoms with Gasteiger partial charge in [-0.2, -0.15) is 8.42 Å². The third-order valence-electron chi connectivity index (χ3n) is 5.00. The number of carbonyl (C=O) groups excluding carboxylic acids is 2. The third kappa shape index (κ3) is 3.15. The molecule has 1 aliphatic heterocycles. The van der Waals surface area contributed by atoms with E-state index in [1.807, 2.05) is 0 Å². The number of nitrogens with zero attached hydrogens (tertiary/aromatic N) is 1. The van der Waals surface area contributed by atoms with Gasteiger partial charge in [-0.05, 0) is 30.9 Å². The maximum atomic E-state index is 12.9. The van der Waals surface area contributed by atoms with Crippen molar-refractivity contribution in [2.75, 3.05) is 4.90 Å². The number of rotatable bonds is 2. The molecule has 1 unspecified atom stereocenters. The molecule has 3 rings (SSSR count). The molecule has 5 nitrogen and oxygen atoms in total. The molecule has 0 N–H and O–H groups in total. The highest BCUT2D eigenvalue weighted by Gasteiger charge is 2.49. The summed E-state index contributed by atoms with van der Waals surface area (Å²) in [6.07, 6.45) is 6.94. The molecular formula is C18H21NO4S. The van der Waals surface area contributed by atoms with Crippen molar-refractivity contribution < 1.29 is 18.0 Å². The van der Waals surface area contributed by atoms with Gasteiger partial charge >= 0.3 is 0 Å². The van der Waals surface area contributed by atoms with Gasteiger partial charge in [0.1, 0.15) is 0 Å². The van der Waals surface area contributed by atoms with E-state index < -0.39 is 28.0 Å². The zero-order valence-corrected chi connectivity index (χ0v) is 14.3. The lowest BCUT2D eigenvalue weighted by Gasteiger charge is -2.23. The number of benzene rings is 1. The normalized spacial score (nSPS) is 23.2. The fourth-order valence-electron chi connectivity index (χ4n) is 3.83. The van der Waals surface area contributed by atoms with Crippen LogP contribution in [0.3, 0.4) is 0 Å². The molecule has 1 atom stereocenters. The summed E-state index contributed by atoms with van der Waals surface area (Å²) in [5.74, 6) is -1.97. The Hall–Kier alpha value is -1.95. The molecule has 128 valence electrons. The van der Waals surface area contributed by atoms with Gasteiger partial charge in [-0.25, -0.2) is 4.90 Å². The Morgan fingerprint density at radius 2 is 1.46 bits per heavy atom. The van der Waals surface area contributed by atoms with E-state index in [9.17, 15) is 18.0 Å². The van der Waals surface area contributed by atoms with Gasteiger partial charge in [0.2, 0.25) is 16.2 Å². The van der Waals surface area contributed by atoms with Crippen LogP contribution in [0.1, 0.15) is 44.9 Å². The molecule has 0 aromatic heterocycles. The molecule has 1 heterocycles. The summed E-state index contributed by atoms with van der Waals surface area (Å²) in [6, 6.07) is 8.56. The summed E-state index contributed by atoms with van der Waals surface area (Å²) in [5.41, 5.74) is 0.434. The van der Waals surface area contributed by atoms with Crippen LogP contribution in [0.4, 0.5) is 5.69 Å². The second kappa shape index (κ2) is 7.30. The number of para-hydroxylation sites is 1. The Balaban J connectivity index is 1.99. The Morgan fingerprint density at radius 3 is 2.04 bits per heavy atom. The smallest absolute Gasteiger partial charge is 0.273 e. The SMILES string of the molecule is O=C1C(=S(=O)=O)C(C2CCCCCCC2)C(=O)N1c1ccccc1. The Morgan fingerprint density at radius 1 is 0.875 bits per heavy atom. The molecule has 1 aliphatic carbocycles. The first-order valence-corrected chi connectivity index (χ1v) is 9.58. The van der Waals surface area contributed by atoms with Crippen molar-refractivity contribution in [3.63, 3.8) is 0 Å². The van der Waals surface area contributed by atoms with Crippen molar-refractivity contribution in [3.05, 3.63) is 30.3 Å². The van der Waals surface area contributed by atoms with E-state index in [0.29, 0.717) is 5.69 Å². The minimum Gasteiger partial charge on any atom is -0.273 e. The van der Waals surface area contributed by atoms with Crippen LogP contribution in [0.15, 0.2) is 30.3 Å². The Bertz CT molecular complexity index is 753. The summed E-state index contributed by atoms with van der Waals surface area (Å²) >= 11 is 0. The Labute approximate surface area is 143 Å². The van der Waals surface area contributed by atoms with Gasteiger partial charge in [0, 0.05) is 0 Å². The first-order valence-electron chi connectivity index (χ1n) is 8.50. The van der Waals surface area contributed by atoms with Crippen molar-refractivity contribution >= 4 is 32.7 Å². The first kappa shape index (κ1) is 16.9. The van der Waals surface area contributed by atoms with Crippen LogP contribution in [0.2, 0.25) is 0 Å². The summed E-state index contributed by atoms with van der Waals surface area (Å²) in [7, 11) is -2.67. The average Bonchev–Trinajstić information content (AvgIpc) is 2.79. The van der Waals surface area contributed by atoms with Gasteiger partial charge in [-0.15, -0.1) is 0 Å². The molecule has 0 spiro atoms.